The van der Waals surface area contributed by atoms with E-state index in [2.05, 4.69) is 34.7 Å². The molecule has 0 radical (unpaired) electrons. The minimum atomic E-state index is -0.456. The van der Waals surface area contributed by atoms with Gasteiger partial charge in [-0.15, -0.1) is 0 Å². The van der Waals surface area contributed by atoms with Crippen molar-refractivity contribution in [2.45, 2.75) is 13.0 Å². The van der Waals surface area contributed by atoms with E-state index in [9.17, 15) is 0 Å². The van der Waals surface area contributed by atoms with E-state index in [4.69, 9.17) is 5.26 Å². The number of hydrogen-bond donors (Lipinski definition) is 1. The van der Waals surface area contributed by atoms with Gasteiger partial charge in [0.2, 0.25) is 0 Å². The summed E-state index contributed by atoms with van der Waals surface area (Å²) >= 11 is 0. The van der Waals surface area contributed by atoms with Crippen molar-refractivity contribution in [3.63, 3.8) is 0 Å². The summed E-state index contributed by atoms with van der Waals surface area (Å²) in [5, 5.41) is 14.9. The molecule has 1 unspecified atom stereocenters. The van der Waals surface area contributed by atoms with Gasteiger partial charge in [0.05, 0.1) is 0 Å². The van der Waals surface area contributed by atoms with Crippen molar-refractivity contribution in [2.24, 2.45) is 0 Å². The Kier molecular flexibility index (Phi) is 5.23. The summed E-state index contributed by atoms with van der Waals surface area (Å²) in [7, 11) is 0. The second kappa shape index (κ2) is 5.68. The lowest BCUT2D eigenvalue weighted by molar-refractivity contribution is -0.628. The smallest absolute Gasteiger partial charge is 0.118 e. The number of hydrogen-bond acceptors (Lipinski definition) is 4. The monoisotopic (exact) mass is 172 g/mol. The highest BCUT2D eigenvalue weighted by Gasteiger charge is 2.09. The van der Waals surface area contributed by atoms with Crippen LogP contribution in [0, 0.1) is 0 Å². The van der Waals surface area contributed by atoms with Crippen LogP contribution >= 0.6 is 0 Å². The van der Waals surface area contributed by atoms with Crippen LogP contribution in [0.4, 0.5) is 0 Å². The quantitative estimate of drug-likeness (QED) is 0.378. The van der Waals surface area contributed by atoms with Crippen molar-refractivity contribution in [1.82, 2.24) is 0 Å². The van der Waals surface area contributed by atoms with Crippen LogP contribution in [0.5, 0.6) is 0 Å². The molecule has 0 rings (SSSR count). The van der Waals surface area contributed by atoms with Gasteiger partial charge in [0.1, 0.15) is 6.10 Å². The molecule has 1 atom stereocenters. The molecule has 0 aromatic heterocycles. The Hall–Kier alpha value is -0.940. The van der Waals surface area contributed by atoms with Crippen LogP contribution in [0.3, 0.4) is 0 Å². The van der Waals surface area contributed by atoms with Crippen molar-refractivity contribution in [1.29, 1.82) is 0 Å². The maximum atomic E-state index is 7.77. The predicted molar refractivity (Wildman–Crippen MR) is 43.8 cm³/mol. The van der Waals surface area contributed by atoms with Crippen molar-refractivity contribution in [2.75, 3.05) is 0 Å². The molecule has 0 bridgehead atoms. The Labute approximate surface area is 71.1 Å². The van der Waals surface area contributed by atoms with Crippen LogP contribution < -0.4 is 0 Å². The topological polar surface area (TPSA) is 47.9 Å². The molecule has 12 heavy (non-hydrogen) atoms. The van der Waals surface area contributed by atoms with Crippen LogP contribution in [0.15, 0.2) is 37.0 Å². The van der Waals surface area contributed by atoms with Crippen LogP contribution in [-0.2, 0) is 15.0 Å². The zero-order chi connectivity index (χ0) is 9.56. The summed E-state index contributed by atoms with van der Waals surface area (Å²) in [4.78, 5) is 4.50. The second-order valence-corrected chi connectivity index (χ2v) is 2.14. The molecule has 0 heterocycles. The highest BCUT2D eigenvalue weighted by Crippen LogP contribution is 2.13. The molecule has 0 aromatic rings. The number of rotatable bonds is 6. The van der Waals surface area contributed by atoms with Gasteiger partial charge in [0.15, 0.2) is 0 Å². The Morgan fingerprint density at radius 1 is 1.50 bits per heavy atom. The Bertz CT molecular complexity index is 185. The maximum absolute atomic E-state index is 7.77. The molecule has 68 valence electrons. The molecule has 0 aliphatic rings. The van der Waals surface area contributed by atoms with Crippen LogP contribution in [0.2, 0.25) is 0 Å². The van der Waals surface area contributed by atoms with E-state index in [0.29, 0.717) is 11.1 Å². The lowest BCUT2D eigenvalue weighted by Gasteiger charge is -2.11. The lowest BCUT2D eigenvalue weighted by atomic mass is 10.1. The second-order valence-electron chi connectivity index (χ2n) is 2.14. The van der Waals surface area contributed by atoms with Gasteiger partial charge >= 0.3 is 0 Å². The SMILES string of the molecule is C=CC(=C)C(=C)C(C)OOOO. The molecule has 0 fully saturated rings. The fourth-order valence-electron chi connectivity index (χ4n) is 0.527. The standard InChI is InChI=1S/C8H12O4/c1-5-6(2)7(3)8(4)10-12-11-9/h5,8-9H,1-3H2,4H3. The molecule has 0 aromatic carbocycles. The summed E-state index contributed by atoms with van der Waals surface area (Å²) in [5.74, 6) is 0. The molecule has 0 aliphatic carbocycles. The van der Waals surface area contributed by atoms with Crippen molar-refractivity contribution in [3.8, 4) is 0 Å². The fourth-order valence-corrected chi connectivity index (χ4v) is 0.527. The third-order valence-electron chi connectivity index (χ3n) is 1.36. The summed E-state index contributed by atoms with van der Waals surface area (Å²) < 4.78 is 0. The van der Waals surface area contributed by atoms with Gasteiger partial charge < -0.3 is 0 Å². The first-order valence-corrected chi connectivity index (χ1v) is 3.27. The average molecular weight is 172 g/mol. The van der Waals surface area contributed by atoms with Crippen LogP contribution in [0.25, 0.3) is 0 Å². The highest BCUT2D eigenvalue weighted by atomic mass is 17.6. The molecular formula is C8H12O4. The summed E-state index contributed by atoms with van der Waals surface area (Å²) in [6.07, 6.45) is 1.09. The Balaban J connectivity index is 3.92. The van der Waals surface area contributed by atoms with Gasteiger partial charge in [0, 0.05) is 0 Å². The minimum absolute atomic E-state index is 0.456. The number of allylic oxidation sites excluding steroid dienone is 1. The summed E-state index contributed by atoms with van der Waals surface area (Å²) in [6.45, 7) is 12.5. The maximum Gasteiger partial charge on any atom is 0.118 e. The minimum Gasteiger partial charge on any atom is -0.219 e. The molecule has 1 N–H and O–H groups in total. The van der Waals surface area contributed by atoms with E-state index in [-0.39, 0.29) is 0 Å². The van der Waals surface area contributed by atoms with Gasteiger partial charge in [-0.1, -0.05) is 25.8 Å². The summed E-state index contributed by atoms with van der Waals surface area (Å²) in [6, 6.07) is 0. The largest absolute Gasteiger partial charge is 0.219 e. The third-order valence-corrected chi connectivity index (χ3v) is 1.36. The molecular weight excluding hydrogens is 160 g/mol. The zero-order valence-corrected chi connectivity index (χ0v) is 6.95. The fraction of sp³-hybridized carbons (Fsp3) is 0.250. The van der Waals surface area contributed by atoms with Crippen molar-refractivity contribution < 1.29 is 20.2 Å². The zero-order valence-electron chi connectivity index (χ0n) is 6.95. The van der Waals surface area contributed by atoms with Crippen molar-refractivity contribution in [3.05, 3.63) is 37.0 Å². The van der Waals surface area contributed by atoms with Gasteiger partial charge in [-0.2, -0.15) is 4.89 Å². The molecule has 0 saturated carbocycles. The van der Waals surface area contributed by atoms with E-state index < -0.39 is 6.10 Å². The van der Waals surface area contributed by atoms with Crippen molar-refractivity contribution >= 4 is 0 Å². The third kappa shape index (κ3) is 3.45. The molecule has 4 heteroatoms. The van der Waals surface area contributed by atoms with Crippen LogP contribution in [-0.4, -0.2) is 11.4 Å². The Morgan fingerprint density at radius 2 is 2.08 bits per heavy atom. The van der Waals surface area contributed by atoms with E-state index >= 15 is 0 Å². The van der Waals surface area contributed by atoms with Gasteiger partial charge in [-0.25, -0.2) is 5.26 Å². The average Bonchev–Trinajstić information content (AvgIpc) is 2.11. The Morgan fingerprint density at radius 3 is 2.50 bits per heavy atom. The molecule has 0 saturated heterocycles. The van der Waals surface area contributed by atoms with Gasteiger partial charge in [0.25, 0.3) is 0 Å². The molecule has 0 aliphatic heterocycles. The van der Waals surface area contributed by atoms with E-state index in [1.807, 2.05) is 0 Å². The van der Waals surface area contributed by atoms with Crippen LogP contribution in [0.1, 0.15) is 6.92 Å². The van der Waals surface area contributed by atoms with E-state index in [1.165, 1.54) is 0 Å². The molecule has 0 amide bonds. The van der Waals surface area contributed by atoms with Gasteiger partial charge in [-0.05, 0) is 28.1 Å². The predicted octanol–water partition coefficient (Wildman–Crippen LogP) is 2.03. The first-order valence-electron chi connectivity index (χ1n) is 3.27. The molecule has 4 nitrogen and oxygen atoms in total. The summed E-state index contributed by atoms with van der Waals surface area (Å²) in [5.41, 5.74) is 1.24. The van der Waals surface area contributed by atoms with Gasteiger partial charge in [-0.3, -0.25) is 0 Å². The molecule has 0 spiro atoms. The highest BCUT2D eigenvalue weighted by molar-refractivity contribution is 5.36. The lowest BCUT2D eigenvalue weighted by Crippen LogP contribution is -2.11. The first-order chi connectivity index (χ1) is 5.63. The van der Waals surface area contributed by atoms with E-state index in [0.717, 1.165) is 0 Å². The first kappa shape index (κ1) is 11.1. The van der Waals surface area contributed by atoms with E-state index in [1.54, 1.807) is 13.0 Å². The normalized spacial score (nSPS) is 12.2.